The normalized spacial score (nSPS) is 12.0. The van der Waals surface area contributed by atoms with E-state index < -0.39 is 0 Å². The fourth-order valence-corrected chi connectivity index (χ4v) is 2.34. The average Bonchev–Trinajstić information content (AvgIpc) is 2.65. The van der Waals surface area contributed by atoms with Crippen molar-refractivity contribution < 1.29 is 9.47 Å². The molecule has 0 spiro atoms. The third-order valence-corrected chi connectivity index (χ3v) is 3.66. The van der Waals surface area contributed by atoms with Gasteiger partial charge >= 0.3 is 0 Å². The van der Waals surface area contributed by atoms with Crippen molar-refractivity contribution in [2.45, 2.75) is 26.1 Å². The lowest BCUT2D eigenvalue weighted by atomic mass is 10.1. The van der Waals surface area contributed by atoms with Crippen molar-refractivity contribution in [2.75, 3.05) is 20.8 Å². The van der Waals surface area contributed by atoms with Gasteiger partial charge in [-0.1, -0.05) is 42.5 Å². The molecule has 1 unspecified atom stereocenters. The Morgan fingerprint density at radius 3 is 2.31 bits per heavy atom. The molecule has 2 aromatic carbocycles. The highest BCUT2D eigenvalue weighted by atomic mass is 127. The highest BCUT2D eigenvalue weighted by Gasteiger charge is 2.04. The summed E-state index contributed by atoms with van der Waals surface area (Å²) in [4.78, 5) is 4.22. The molecule has 0 saturated carbocycles. The molecule has 0 aromatic heterocycles. The van der Waals surface area contributed by atoms with Crippen molar-refractivity contribution in [1.82, 2.24) is 10.6 Å². The molecule has 0 heterocycles. The van der Waals surface area contributed by atoms with Gasteiger partial charge in [0.15, 0.2) is 5.96 Å². The Labute approximate surface area is 173 Å². The molecule has 0 fully saturated rings. The molecule has 26 heavy (non-hydrogen) atoms. The molecular weight excluding hydrogens is 441 g/mol. The Bertz CT molecular complexity index is 648. The molecule has 2 N–H and O–H groups in total. The van der Waals surface area contributed by atoms with Crippen LogP contribution in [0.25, 0.3) is 0 Å². The van der Waals surface area contributed by atoms with Crippen molar-refractivity contribution in [2.24, 2.45) is 4.99 Å². The molecule has 0 aliphatic carbocycles. The summed E-state index contributed by atoms with van der Waals surface area (Å²) >= 11 is 0. The lowest BCUT2D eigenvalue weighted by molar-refractivity contribution is 0.179. The number of benzene rings is 2. The number of ether oxygens (including phenoxy) is 2. The number of rotatable bonds is 8. The maximum atomic E-state index is 5.76. The van der Waals surface area contributed by atoms with E-state index in [-0.39, 0.29) is 30.0 Å². The monoisotopic (exact) mass is 469 g/mol. The summed E-state index contributed by atoms with van der Waals surface area (Å²) in [5.41, 5.74) is 2.33. The number of nitrogens with zero attached hydrogens (tertiary/aromatic N) is 1. The molecule has 0 aliphatic rings. The van der Waals surface area contributed by atoms with E-state index in [4.69, 9.17) is 9.47 Å². The van der Waals surface area contributed by atoms with Crippen LogP contribution in [0.2, 0.25) is 0 Å². The van der Waals surface area contributed by atoms with Crippen LogP contribution < -0.4 is 15.4 Å². The average molecular weight is 469 g/mol. The van der Waals surface area contributed by atoms with E-state index in [0.717, 1.165) is 17.3 Å². The van der Waals surface area contributed by atoms with Gasteiger partial charge in [0.25, 0.3) is 0 Å². The van der Waals surface area contributed by atoms with Crippen molar-refractivity contribution >= 4 is 29.9 Å². The third kappa shape index (κ3) is 8.05. The quantitative estimate of drug-likeness (QED) is 0.353. The third-order valence-electron chi connectivity index (χ3n) is 3.66. The highest BCUT2D eigenvalue weighted by Crippen LogP contribution is 2.12. The molecule has 142 valence electrons. The predicted octanol–water partition coefficient (Wildman–Crippen LogP) is 3.58. The fraction of sp³-hybridized carbons (Fsp3) is 0.350. The zero-order valence-electron chi connectivity index (χ0n) is 15.6. The Balaban J connectivity index is 0.00000338. The molecule has 2 rings (SSSR count). The minimum atomic E-state index is 0. The molecule has 0 bridgehead atoms. The van der Waals surface area contributed by atoms with Crippen LogP contribution in [0.3, 0.4) is 0 Å². The molecular formula is C20H28IN3O2. The van der Waals surface area contributed by atoms with E-state index in [9.17, 15) is 0 Å². The fourth-order valence-electron chi connectivity index (χ4n) is 2.34. The Kier molecular flexibility index (Phi) is 10.7. The van der Waals surface area contributed by atoms with E-state index in [1.54, 1.807) is 14.2 Å². The number of hydrogen-bond donors (Lipinski definition) is 2. The zero-order chi connectivity index (χ0) is 17.9. The van der Waals surface area contributed by atoms with Gasteiger partial charge in [-0.2, -0.15) is 0 Å². The van der Waals surface area contributed by atoms with Gasteiger partial charge in [-0.25, -0.2) is 0 Å². The summed E-state index contributed by atoms with van der Waals surface area (Å²) in [6.07, 6.45) is 0. The van der Waals surface area contributed by atoms with E-state index in [2.05, 4.69) is 46.8 Å². The van der Waals surface area contributed by atoms with Crippen molar-refractivity contribution in [3.63, 3.8) is 0 Å². The molecule has 0 amide bonds. The molecule has 2 aromatic rings. The Morgan fingerprint density at radius 1 is 1.04 bits per heavy atom. The van der Waals surface area contributed by atoms with E-state index >= 15 is 0 Å². The van der Waals surface area contributed by atoms with Crippen molar-refractivity contribution in [3.05, 3.63) is 65.7 Å². The maximum absolute atomic E-state index is 5.76. The standard InChI is InChI=1S/C20H27N3O2.HI/c1-16(14-24-3)23-20(21-2)22-13-17-9-11-18(12-10-17)15-25-19-7-5-4-6-8-19;/h4-12,16H,13-15H2,1-3H3,(H2,21,22,23);1H. The molecule has 0 radical (unpaired) electrons. The maximum Gasteiger partial charge on any atom is 0.191 e. The number of methoxy groups -OCH3 is 1. The van der Waals surface area contributed by atoms with Crippen LogP contribution in [0.4, 0.5) is 0 Å². The summed E-state index contributed by atoms with van der Waals surface area (Å²) in [6, 6.07) is 18.4. The summed E-state index contributed by atoms with van der Waals surface area (Å²) < 4.78 is 10.9. The van der Waals surface area contributed by atoms with Gasteiger partial charge in [0.2, 0.25) is 0 Å². The Hall–Kier alpha value is -1.80. The van der Waals surface area contributed by atoms with E-state index in [1.165, 1.54) is 5.56 Å². The summed E-state index contributed by atoms with van der Waals surface area (Å²) in [7, 11) is 3.45. The van der Waals surface area contributed by atoms with Crippen LogP contribution in [0.15, 0.2) is 59.6 Å². The second-order valence-corrected chi connectivity index (χ2v) is 5.84. The first-order valence-corrected chi connectivity index (χ1v) is 8.43. The van der Waals surface area contributed by atoms with Gasteiger partial charge in [0, 0.05) is 26.7 Å². The Morgan fingerprint density at radius 2 is 1.69 bits per heavy atom. The molecule has 0 saturated heterocycles. The molecule has 0 aliphatic heterocycles. The molecule has 6 heteroatoms. The van der Waals surface area contributed by atoms with Crippen LogP contribution in [0.5, 0.6) is 5.75 Å². The number of aliphatic imine (C=N–C) groups is 1. The van der Waals surface area contributed by atoms with Crippen LogP contribution in [-0.2, 0) is 17.9 Å². The van der Waals surface area contributed by atoms with Crippen LogP contribution >= 0.6 is 24.0 Å². The number of hydrogen-bond acceptors (Lipinski definition) is 3. The van der Waals surface area contributed by atoms with E-state index in [0.29, 0.717) is 19.8 Å². The smallest absolute Gasteiger partial charge is 0.191 e. The van der Waals surface area contributed by atoms with Gasteiger partial charge in [-0.15, -0.1) is 24.0 Å². The van der Waals surface area contributed by atoms with Crippen molar-refractivity contribution in [3.8, 4) is 5.75 Å². The van der Waals surface area contributed by atoms with Gasteiger partial charge in [0.05, 0.1) is 6.61 Å². The minimum absolute atomic E-state index is 0. The molecule has 5 nitrogen and oxygen atoms in total. The number of guanidine groups is 1. The lowest BCUT2D eigenvalue weighted by Crippen LogP contribution is -2.43. The van der Waals surface area contributed by atoms with Crippen LogP contribution in [0, 0.1) is 0 Å². The number of para-hydroxylation sites is 1. The summed E-state index contributed by atoms with van der Waals surface area (Å²) in [6.45, 7) is 3.96. The highest BCUT2D eigenvalue weighted by molar-refractivity contribution is 14.0. The number of halogens is 1. The topological polar surface area (TPSA) is 54.9 Å². The molecule has 1 atom stereocenters. The van der Waals surface area contributed by atoms with Gasteiger partial charge in [-0.05, 0) is 30.2 Å². The lowest BCUT2D eigenvalue weighted by Gasteiger charge is -2.17. The minimum Gasteiger partial charge on any atom is -0.489 e. The summed E-state index contributed by atoms with van der Waals surface area (Å²) in [5.74, 6) is 1.65. The van der Waals surface area contributed by atoms with Crippen LogP contribution in [0.1, 0.15) is 18.1 Å². The first-order valence-electron chi connectivity index (χ1n) is 8.43. The second-order valence-electron chi connectivity index (χ2n) is 5.84. The SMILES string of the molecule is CN=C(NCc1ccc(COc2ccccc2)cc1)NC(C)COC.I. The predicted molar refractivity (Wildman–Crippen MR) is 117 cm³/mol. The largest absolute Gasteiger partial charge is 0.489 e. The van der Waals surface area contributed by atoms with Crippen molar-refractivity contribution in [1.29, 1.82) is 0 Å². The second kappa shape index (κ2) is 12.5. The zero-order valence-corrected chi connectivity index (χ0v) is 17.9. The van der Waals surface area contributed by atoms with Crippen LogP contribution in [-0.4, -0.2) is 32.8 Å². The summed E-state index contributed by atoms with van der Waals surface area (Å²) in [5, 5.41) is 6.59. The van der Waals surface area contributed by atoms with Gasteiger partial charge in [-0.3, -0.25) is 4.99 Å². The van der Waals surface area contributed by atoms with E-state index in [1.807, 2.05) is 30.3 Å². The first kappa shape index (κ1) is 22.2. The first-order chi connectivity index (χ1) is 12.2. The number of nitrogens with one attached hydrogen (secondary N) is 2. The van der Waals surface area contributed by atoms with Gasteiger partial charge < -0.3 is 20.1 Å². The van der Waals surface area contributed by atoms with Gasteiger partial charge in [0.1, 0.15) is 12.4 Å².